The number of thiazole rings is 1. The molecule has 1 aliphatic rings. The van der Waals surface area contributed by atoms with E-state index in [9.17, 15) is 0 Å². The van der Waals surface area contributed by atoms with Gasteiger partial charge in [-0.05, 0) is 25.3 Å². The van der Waals surface area contributed by atoms with Crippen molar-refractivity contribution >= 4 is 41.3 Å². The smallest absolute Gasteiger partial charge is 0.191 e. The highest BCUT2D eigenvalue weighted by Gasteiger charge is 2.38. The van der Waals surface area contributed by atoms with Gasteiger partial charge >= 0.3 is 0 Å². The van der Waals surface area contributed by atoms with Gasteiger partial charge in [0.15, 0.2) is 5.96 Å². The van der Waals surface area contributed by atoms with Crippen LogP contribution in [0.25, 0.3) is 0 Å². The highest BCUT2D eigenvalue weighted by Crippen LogP contribution is 2.43. The maximum absolute atomic E-state index is 4.35. The van der Waals surface area contributed by atoms with Crippen molar-refractivity contribution < 1.29 is 0 Å². The SMILES string of the molecule is CN=C(NCc1scnc1C)NCC1(c2ccccc2)CCC1.I. The van der Waals surface area contributed by atoms with Crippen LogP contribution in [-0.2, 0) is 12.0 Å². The molecule has 4 nitrogen and oxygen atoms in total. The van der Waals surface area contributed by atoms with E-state index in [4.69, 9.17) is 0 Å². The molecule has 1 aliphatic carbocycles. The second-order valence-electron chi connectivity index (χ2n) is 6.14. The molecule has 0 bridgehead atoms. The lowest BCUT2D eigenvalue weighted by atomic mass is 9.64. The standard InChI is InChI=1S/C18H24N4S.HI/c1-14-16(23-13-22-14)11-20-17(19-2)21-12-18(9-6-10-18)15-7-4-3-5-8-15;/h3-5,7-8,13H,6,9-12H2,1-2H3,(H2,19,20,21);1H. The lowest BCUT2D eigenvalue weighted by molar-refractivity contribution is 0.244. The molecule has 0 saturated heterocycles. The molecule has 0 atom stereocenters. The van der Waals surface area contributed by atoms with Gasteiger partial charge in [0.05, 0.1) is 17.7 Å². The Labute approximate surface area is 165 Å². The summed E-state index contributed by atoms with van der Waals surface area (Å²) in [5.74, 6) is 0.861. The highest BCUT2D eigenvalue weighted by atomic mass is 127. The summed E-state index contributed by atoms with van der Waals surface area (Å²) in [5, 5.41) is 6.91. The molecular weight excluding hydrogens is 431 g/mol. The van der Waals surface area contributed by atoms with Crippen LogP contribution in [0.3, 0.4) is 0 Å². The molecule has 1 saturated carbocycles. The van der Waals surface area contributed by atoms with Gasteiger partial charge in [0, 0.05) is 23.9 Å². The normalized spacial score (nSPS) is 16.0. The average molecular weight is 456 g/mol. The fourth-order valence-electron chi connectivity index (χ4n) is 3.10. The Kier molecular flexibility index (Phi) is 7.03. The molecular formula is C18H25IN4S. The molecule has 6 heteroatoms. The second-order valence-corrected chi connectivity index (χ2v) is 7.08. The lowest BCUT2D eigenvalue weighted by Gasteiger charge is -2.43. The molecule has 1 fully saturated rings. The first-order valence-electron chi connectivity index (χ1n) is 8.12. The van der Waals surface area contributed by atoms with Crippen molar-refractivity contribution in [2.45, 2.75) is 38.1 Å². The average Bonchev–Trinajstić information content (AvgIpc) is 2.95. The molecule has 130 valence electrons. The molecule has 0 amide bonds. The molecule has 0 radical (unpaired) electrons. The Balaban J connectivity index is 0.00000208. The number of guanidine groups is 1. The predicted molar refractivity (Wildman–Crippen MR) is 112 cm³/mol. The minimum atomic E-state index is 0. The van der Waals surface area contributed by atoms with Crippen LogP contribution in [0.15, 0.2) is 40.8 Å². The van der Waals surface area contributed by atoms with Crippen LogP contribution >= 0.6 is 35.3 Å². The lowest BCUT2D eigenvalue weighted by Crippen LogP contribution is -2.48. The summed E-state index contributed by atoms with van der Waals surface area (Å²) in [6.45, 7) is 3.75. The molecule has 2 aromatic rings. The maximum atomic E-state index is 4.35. The number of aryl methyl sites for hydroxylation is 1. The summed E-state index contributed by atoms with van der Waals surface area (Å²) >= 11 is 1.68. The van der Waals surface area contributed by atoms with Crippen LogP contribution in [-0.4, -0.2) is 24.5 Å². The molecule has 1 aromatic heterocycles. The summed E-state index contributed by atoms with van der Waals surface area (Å²) in [4.78, 5) is 9.90. The van der Waals surface area contributed by atoms with E-state index in [-0.39, 0.29) is 29.4 Å². The topological polar surface area (TPSA) is 49.3 Å². The number of hydrogen-bond donors (Lipinski definition) is 2. The van der Waals surface area contributed by atoms with E-state index in [1.165, 1.54) is 29.7 Å². The number of aromatic nitrogens is 1. The van der Waals surface area contributed by atoms with Crippen LogP contribution in [0.4, 0.5) is 0 Å². The Bertz CT molecular complexity index is 665. The van der Waals surface area contributed by atoms with Crippen LogP contribution in [0.2, 0.25) is 0 Å². The molecule has 1 heterocycles. The fourth-order valence-corrected chi connectivity index (χ4v) is 3.81. The van der Waals surface area contributed by atoms with Crippen LogP contribution in [0.1, 0.15) is 35.4 Å². The number of benzene rings is 1. The Morgan fingerprint density at radius 2 is 2.00 bits per heavy atom. The summed E-state index contributed by atoms with van der Waals surface area (Å²) < 4.78 is 0. The predicted octanol–water partition coefficient (Wildman–Crippen LogP) is 3.86. The Morgan fingerprint density at radius 3 is 2.54 bits per heavy atom. The molecule has 3 rings (SSSR count). The first-order chi connectivity index (χ1) is 11.2. The van der Waals surface area contributed by atoms with Gasteiger partial charge in [-0.3, -0.25) is 4.99 Å². The monoisotopic (exact) mass is 456 g/mol. The number of nitrogens with one attached hydrogen (secondary N) is 2. The zero-order valence-electron chi connectivity index (χ0n) is 14.2. The number of hydrogen-bond acceptors (Lipinski definition) is 3. The highest BCUT2D eigenvalue weighted by molar-refractivity contribution is 14.0. The van der Waals surface area contributed by atoms with E-state index >= 15 is 0 Å². The zero-order valence-corrected chi connectivity index (χ0v) is 17.4. The first-order valence-corrected chi connectivity index (χ1v) is 9.00. The second kappa shape index (κ2) is 8.80. The van der Waals surface area contributed by atoms with Crippen LogP contribution in [0, 0.1) is 6.92 Å². The quantitative estimate of drug-likeness (QED) is 0.408. The summed E-state index contributed by atoms with van der Waals surface area (Å²) in [6.07, 6.45) is 3.80. The molecule has 1 aromatic carbocycles. The summed E-state index contributed by atoms with van der Waals surface area (Å²) in [5.41, 5.74) is 4.69. The van der Waals surface area contributed by atoms with E-state index in [0.717, 1.165) is 24.7 Å². The Morgan fingerprint density at radius 1 is 1.25 bits per heavy atom. The van der Waals surface area contributed by atoms with E-state index in [2.05, 4.69) is 50.9 Å². The molecule has 0 aliphatic heterocycles. The third-order valence-corrected chi connectivity index (χ3v) is 5.71. The Hall–Kier alpha value is -1.15. The van der Waals surface area contributed by atoms with Crippen molar-refractivity contribution in [3.05, 3.63) is 52.0 Å². The number of aliphatic imine (C=N–C) groups is 1. The number of rotatable bonds is 5. The van der Waals surface area contributed by atoms with Gasteiger partial charge in [0.2, 0.25) is 0 Å². The largest absolute Gasteiger partial charge is 0.356 e. The molecule has 2 N–H and O–H groups in total. The molecule has 0 spiro atoms. The van der Waals surface area contributed by atoms with Gasteiger partial charge in [0.25, 0.3) is 0 Å². The summed E-state index contributed by atoms with van der Waals surface area (Å²) in [7, 11) is 1.82. The van der Waals surface area contributed by atoms with Crippen LogP contribution < -0.4 is 10.6 Å². The van der Waals surface area contributed by atoms with Gasteiger partial charge in [-0.2, -0.15) is 0 Å². The molecule has 0 unspecified atom stereocenters. The summed E-state index contributed by atoms with van der Waals surface area (Å²) in [6, 6.07) is 10.8. The van der Waals surface area contributed by atoms with Gasteiger partial charge in [0.1, 0.15) is 0 Å². The molecule has 24 heavy (non-hydrogen) atoms. The van der Waals surface area contributed by atoms with Crippen molar-refractivity contribution in [1.82, 2.24) is 15.6 Å². The third kappa shape index (κ3) is 4.27. The van der Waals surface area contributed by atoms with Crippen molar-refractivity contribution in [3.8, 4) is 0 Å². The fraction of sp³-hybridized carbons (Fsp3) is 0.444. The van der Waals surface area contributed by atoms with E-state index < -0.39 is 0 Å². The maximum Gasteiger partial charge on any atom is 0.191 e. The van der Waals surface area contributed by atoms with E-state index in [1.54, 1.807) is 11.3 Å². The van der Waals surface area contributed by atoms with Gasteiger partial charge in [-0.25, -0.2) is 4.98 Å². The minimum absolute atomic E-state index is 0. The third-order valence-electron chi connectivity index (χ3n) is 4.78. The number of halogens is 1. The number of nitrogens with zero attached hydrogens (tertiary/aromatic N) is 2. The van der Waals surface area contributed by atoms with Crippen molar-refractivity contribution in [2.75, 3.05) is 13.6 Å². The van der Waals surface area contributed by atoms with Crippen molar-refractivity contribution in [2.24, 2.45) is 4.99 Å². The van der Waals surface area contributed by atoms with Gasteiger partial charge < -0.3 is 10.6 Å². The van der Waals surface area contributed by atoms with E-state index in [1.807, 2.05) is 19.5 Å². The first kappa shape index (κ1) is 19.2. The van der Waals surface area contributed by atoms with Crippen LogP contribution in [0.5, 0.6) is 0 Å². The van der Waals surface area contributed by atoms with Crippen molar-refractivity contribution in [3.63, 3.8) is 0 Å². The minimum Gasteiger partial charge on any atom is -0.356 e. The van der Waals surface area contributed by atoms with Gasteiger partial charge in [-0.15, -0.1) is 35.3 Å². The van der Waals surface area contributed by atoms with Gasteiger partial charge in [-0.1, -0.05) is 36.8 Å². The van der Waals surface area contributed by atoms with E-state index in [0.29, 0.717) is 0 Å². The van der Waals surface area contributed by atoms with Crippen molar-refractivity contribution in [1.29, 1.82) is 0 Å². The zero-order chi connectivity index (χ0) is 16.1.